The van der Waals surface area contributed by atoms with Gasteiger partial charge in [-0.15, -0.1) is 11.3 Å². The van der Waals surface area contributed by atoms with Crippen LogP contribution >= 0.6 is 27.3 Å². The van der Waals surface area contributed by atoms with E-state index in [1.165, 1.54) is 35.2 Å². The van der Waals surface area contributed by atoms with Crippen LogP contribution in [0.5, 0.6) is 0 Å². The molecule has 2 unspecified atom stereocenters. The van der Waals surface area contributed by atoms with E-state index in [1.807, 2.05) is 11.3 Å². The van der Waals surface area contributed by atoms with Gasteiger partial charge >= 0.3 is 0 Å². The third-order valence-electron chi connectivity index (χ3n) is 3.70. The molecule has 2 rings (SSSR count). The molecule has 0 radical (unpaired) electrons. The van der Waals surface area contributed by atoms with Crippen LogP contribution in [0.3, 0.4) is 0 Å². The van der Waals surface area contributed by atoms with Gasteiger partial charge in [0, 0.05) is 20.8 Å². The molecule has 17 heavy (non-hydrogen) atoms. The van der Waals surface area contributed by atoms with Gasteiger partial charge in [-0.1, -0.05) is 13.3 Å². The summed E-state index contributed by atoms with van der Waals surface area (Å²) in [5, 5.41) is 2.18. The molecule has 1 aliphatic rings. The fourth-order valence-corrected chi connectivity index (χ4v) is 4.48. The van der Waals surface area contributed by atoms with Crippen molar-refractivity contribution in [3.05, 3.63) is 20.8 Å². The Morgan fingerprint density at radius 2 is 2.35 bits per heavy atom. The van der Waals surface area contributed by atoms with E-state index >= 15 is 0 Å². The summed E-state index contributed by atoms with van der Waals surface area (Å²) in [7, 11) is 0. The lowest BCUT2D eigenvalue weighted by Gasteiger charge is -2.33. The minimum absolute atomic E-state index is 0.531. The molecular weight excluding hydrogens is 296 g/mol. The van der Waals surface area contributed by atoms with Crippen LogP contribution in [0.2, 0.25) is 0 Å². The summed E-state index contributed by atoms with van der Waals surface area (Å²) in [4.78, 5) is 4.07. The SMILES string of the molecule is CCN1CCCCC(CN)C1c1cc(Br)cs1. The Balaban J connectivity index is 2.27. The summed E-state index contributed by atoms with van der Waals surface area (Å²) in [6.45, 7) is 5.40. The van der Waals surface area contributed by atoms with E-state index in [2.05, 4.69) is 39.2 Å². The lowest BCUT2D eigenvalue weighted by Crippen LogP contribution is -2.35. The molecular formula is C13H21BrN2S. The minimum atomic E-state index is 0.531. The van der Waals surface area contributed by atoms with Crippen molar-refractivity contribution in [3.63, 3.8) is 0 Å². The lowest BCUT2D eigenvalue weighted by molar-refractivity contribution is 0.169. The summed E-state index contributed by atoms with van der Waals surface area (Å²) in [5.74, 6) is 0.614. The Bertz CT molecular complexity index is 339. The van der Waals surface area contributed by atoms with Crippen LogP contribution in [0.25, 0.3) is 0 Å². The standard InChI is InChI=1S/C13H21BrN2S/c1-2-16-6-4-3-5-10(8-15)13(16)12-7-11(14)9-17-12/h7,9-10,13H,2-6,8,15H2,1H3. The number of halogens is 1. The highest BCUT2D eigenvalue weighted by Gasteiger charge is 2.30. The van der Waals surface area contributed by atoms with Crippen LogP contribution in [0.15, 0.2) is 15.9 Å². The molecule has 1 aromatic heterocycles. The third kappa shape index (κ3) is 3.11. The number of hydrogen-bond acceptors (Lipinski definition) is 3. The monoisotopic (exact) mass is 316 g/mol. The van der Waals surface area contributed by atoms with E-state index in [1.54, 1.807) is 0 Å². The maximum atomic E-state index is 5.99. The average molecular weight is 317 g/mol. The van der Waals surface area contributed by atoms with Gasteiger partial charge in [-0.2, -0.15) is 0 Å². The van der Waals surface area contributed by atoms with Gasteiger partial charge in [0.25, 0.3) is 0 Å². The summed E-state index contributed by atoms with van der Waals surface area (Å²) in [6.07, 6.45) is 3.90. The highest BCUT2D eigenvalue weighted by molar-refractivity contribution is 9.10. The molecule has 0 aliphatic carbocycles. The highest BCUT2D eigenvalue weighted by Crippen LogP contribution is 2.38. The summed E-state index contributed by atoms with van der Waals surface area (Å²) in [5.41, 5.74) is 5.99. The quantitative estimate of drug-likeness (QED) is 0.922. The molecule has 1 aromatic rings. The first-order valence-corrected chi connectivity index (χ1v) is 8.11. The average Bonchev–Trinajstić information content (AvgIpc) is 2.65. The van der Waals surface area contributed by atoms with Crippen molar-refractivity contribution >= 4 is 27.3 Å². The predicted molar refractivity (Wildman–Crippen MR) is 78.4 cm³/mol. The van der Waals surface area contributed by atoms with Gasteiger partial charge in [0.15, 0.2) is 0 Å². The van der Waals surface area contributed by atoms with Crippen molar-refractivity contribution in [1.82, 2.24) is 4.90 Å². The van der Waals surface area contributed by atoms with Crippen molar-refractivity contribution in [3.8, 4) is 0 Å². The van der Waals surface area contributed by atoms with Gasteiger partial charge < -0.3 is 5.73 Å². The Morgan fingerprint density at radius 3 is 2.94 bits per heavy atom. The zero-order valence-electron chi connectivity index (χ0n) is 10.4. The van der Waals surface area contributed by atoms with Crippen molar-refractivity contribution in [2.45, 2.75) is 32.2 Å². The second kappa shape index (κ2) is 6.32. The Morgan fingerprint density at radius 1 is 1.53 bits per heavy atom. The molecule has 1 aliphatic heterocycles. The number of thiophene rings is 1. The van der Waals surface area contributed by atoms with E-state index in [0.717, 1.165) is 13.1 Å². The van der Waals surface area contributed by atoms with Crippen molar-refractivity contribution in [1.29, 1.82) is 0 Å². The van der Waals surface area contributed by atoms with E-state index in [4.69, 9.17) is 5.73 Å². The van der Waals surface area contributed by atoms with Gasteiger partial charge in [-0.3, -0.25) is 4.90 Å². The number of nitrogens with two attached hydrogens (primary N) is 1. The molecule has 2 heterocycles. The van der Waals surface area contributed by atoms with Gasteiger partial charge in [0.2, 0.25) is 0 Å². The second-order valence-corrected chi connectivity index (χ2v) is 6.59. The largest absolute Gasteiger partial charge is 0.330 e. The van der Waals surface area contributed by atoms with Crippen LogP contribution < -0.4 is 5.73 Å². The highest BCUT2D eigenvalue weighted by atomic mass is 79.9. The zero-order chi connectivity index (χ0) is 12.3. The van der Waals surface area contributed by atoms with Gasteiger partial charge in [-0.25, -0.2) is 0 Å². The van der Waals surface area contributed by atoms with Crippen molar-refractivity contribution in [2.24, 2.45) is 11.7 Å². The summed E-state index contributed by atoms with van der Waals surface area (Å²) in [6, 6.07) is 2.80. The third-order valence-corrected chi connectivity index (χ3v) is 5.46. The number of rotatable bonds is 3. The number of likely N-dealkylation sites (tertiary alicyclic amines) is 1. The molecule has 2 nitrogen and oxygen atoms in total. The molecule has 0 saturated carbocycles. The van der Waals surface area contributed by atoms with Gasteiger partial charge in [0.05, 0.1) is 0 Å². The Labute approximate surface area is 116 Å². The molecule has 2 N–H and O–H groups in total. The summed E-state index contributed by atoms with van der Waals surface area (Å²) >= 11 is 5.42. The molecule has 0 spiro atoms. The van der Waals surface area contributed by atoms with E-state index in [0.29, 0.717) is 12.0 Å². The zero-order valence-corrected chi connectivity index (χ0v) is 12.8. The second-order valence-electron chi connectivity index (χ2n) is 4.73. The number of hydrogen-bond donors (Lipinski definition) is 1. The van der Waals surface area contributed by atoms with Gasteiger partial charge in [0.1, 0.15) is 0 Å². The first-order chi connectivity index (χ1) is 8.26. The van der Waals surface area contributed by atoms with Crippen LogP contribution in [0.1, 0.15) is 37.1 Å². The lowest BCUT2D eigenvalue weighted by atomic mass is 9.93. The van der Waals surface area contributed by atoms with E-state index < -0.39 is 0 Å². The molecule has 4 heteroatoms. The minimum Gasteiger partial charge on any atom is -0.330 e. The first kappa shape index (κ1) is 13.5. The maximum absolute atomic E-state index is 5.99. The molecule has 1 fully saturated rings. The van der Waals surface area contributed by atoms with E-state index in [9.17, 15) is 0 Å². The molecule has 96 valence electrons. The summed E-state index contributed by atoms with van der Waals surface area (Å²) < 4.78 is 1.20. The Hall–Kier alpha value is 0.1000. The maximum Gasteiger partial charge on any atom is 0.0481 e. The van der Waals surface area contributed by atoms with Crippen LogP contribution in [-0.2, 0) is 0 Å². The fraction of sp³-hybridized carbons (Fsp3) is 0.692. The molecule has 1 saturated heterocycles. The normalized spacial score (nSPS) is 27.0. The number of nitrogens with zero attached hydrogens (tertiary/aromatic N) is 1. The van der Waals surface area contributed by atoms with Crippen LogP contribution in [0, 0.1) is 5.92 Å². The van der Waals surface area contributed by atoms with Gasteiger partial charge in [-0.05, 0) is 60.4 Å². The molecule has 0 amide bonds. The topological polar surface area (TPSA) is 29.3 Å². The molecule has 0 aromatic carbocycles. The van der Waals surface area contributed by atoms with Crippen molar-refractivity contribution < 1.29 is 0 Å². The first-order valence-electron chi connectivity index (χ1n) is 6.44. The van der Waals surface area contributed by atoms with Crippen LogP contribution in [-0.4, -0.2) is 24.5 Å². The smallest absolute Gasteiger partial charge is 0.0481 e. The predicted octanol–water partition coefficient (Wildman–Crippen LogP) is 3.63. The van der Waals surface area contributed by atoms with Crippen LogP contribution in [0.4, 0.5) is 0 Å². The molecule has 2 atom stereocenters. The fourth-order valence-electron chi connectivity index (χ4n) is 2.81. The molecule has 0 bridgehead atoms. The van der Waals surface area contributed by atoms with Crippen molar-refractivity contribution in [2.75, 3.05) is 19.6 Å². The van der Waals surface area contributed by atoms with E-state index in [-0.39, 0.29) is 0 Å². The Kier molecular flexibility index (Phi) is 5.03.